The molecule has 0 atom stereocenters. The lowest BCUT2D eigenvalue weighted by molar-refractivity contribution is -0.139. The molecule has 0 N–H and O–H groups in total. The standard InChI is InChI=1S/C23H32F2O2Si/c1-2-3-4-5-17-6-9-20(10-7-17)28-14-12-18(13-15-28)23(26)27-19-8-11-21(24)22(25)16-19/h2,8,11,16-18,20,28H,1,3-7,9-10,12-15H2. The Balaban J connectivity index is 1.40. The fourth-order valence-electron chi connectivity index (χ4n) is 5.07. The van der Waals surface area contributed by atoms with Gasteiger partial charge in [-0.1, -0.05) is 50.3 Å². The molecule has 0 spiro atoms. The van der Waals surface area contributed by atoms with Crippen molar-refractivity contribution in [2.75, 3.05) is 0 Å². The van der Waals surface area contributed by atoms with Crippen molar-refractivity contribution in [3.05, 3.63) is 42.5 Å². The average Bonchev–Trinajstić information content (AvgIpc) is 2.72. The van der Waals surface area contributed by atoms with Crippen LogP contribution < -0.4 is 4.74 Å². The van der Waals surface area contributed by atoms with Gasteiger partial charge in [0, 0.05) is 14.9 Å². The van der Waals surface area contributed by atoms with Crippen LogP contribution in [0.3, 0.4) is 0 Å². The molecule has 2 aliphatic rings. The molecule has 0 radical (unpaired) electrons. The largest absolute Gasteiger partial charge is 0.426 e. The zero-order chi connectivity index (χ0) is 19.9. The van der Waals surface area contributed by atoms with Gasteiger partial charge in [0.05, 0.1) is 5.92 Å². The van der Waals surface area contributed by atoms with Crippen LogP contribution in [0.2, 0.25) is 17.6 Å². The molecule has 3 rings (SSSR count). The maximum atomic E-state index is 13.3. The Morgan fingerprint density at radius 3 is 2.46 bits per heavy atom. The molecular weight excluding hydrogens is 374 g/mol. The van der Waals surface area contributed by atoms with Gasteiger partial charge in [0.25, 0.3) is 0 Å². The van der Waals surface area contributed by atoms with Crippen LogP contribution in [-0.4, -0.2) is 14.8 Å². The van der Waals surface area contributed by atoms with Crippen LogP contribution in [0.15, 0.2) is 30.9 Å². The van der Waals surface area contributed by atoms with Gasteiger partial charge in [-0.15, -0.1) is 6.58 Å². The summed E-state index contributed by atoms with van der Waals surface area (Å²) < 4.78 is 31.6. The fraction of sp³-hybridized carbons (Fsp3) is 0.609. The maximum absolute atomic E-state index is 13.3. The number of halogens is 2. The molecule has 154 valence electrons. The molecule has 1 heterocycles. The predicted molar refractivity (Wildman–Crippen MR) is 111 cm³/mol. The van der Waals surface area contributed by atoms with E-state index < -0.39 is 20.4 Å². The van der Waals surface area contributed by atoms with Crippen LogP contribution in [0.1, 0.15) is 57.8 Å². The van der Waals surface area contributed by atoms with Crippen LogP contribution in [0.25, 0.3) is 0 Å². The highest BCUT2D eigenvalue weighted by Crippen LogP contribution is 2.42. The van der Waals surface area contributed by atoms with Crippen molar-refractivity contribution in [2.45, 2.75) is 75.4 Å². The molecule has 1 saturated heterocycles. The van der Waals surface area contributed by atoms with E-state index in [9.17, 15) is 13.6 Å². The SMILES string of the molecule is C=CCCCC1CCC([SiH]2CCC(C(=O)Oc3ccc(F)c(F)c3)CC2)CC1. The van der Waals surface area contributed by atoms with E-state index in [2.05, 4.69) is 6.58 Å². The van der Waals surface area contributed by atoms with Gasteiger partial charge in [0.15, 0.2) is 11.6 Å². The number of carbonyl (C=O) groups is 1. The minimum absolute atomic E-state index is 0.0906. The van der Waals surface area contributed by atoms with E-state index >= 15 is 0 Å². The van der Waals surface area contributed by atoms with Gasteiger partial charge < -0.3 is 4.74 Å². The van der Waals surface area contributed by atoms with Crippen molar-refractivity contribution < 1.29 is 18.3 Å². The van der Waals surface area contributed by atoms with Gasteiger partial charge in [0.1, 0.15) is 5.75 Å². The Hall–Kier alpha value is -1.49. The predicted octanol–water partition coefficient (Wildman–Crippen LogP) is 6.42. The topological polar surface area (TPSA) is 26.3 Å². The van der Waals surface area contributed by atoms with E-state index in [0.29, 0.717) is 0 Å². The summed E-state index contributed by atoms with van der Waals surface area (Å²) >= 11 is 0. The number of hydrogen-bond donors (Lipinski definition) is 0. The van der Waals surface area contributed by atoms with E-state index in [1.807, 2.05) is 6.08 Å². The zero-order valence-corrected chi connectivity index (χ0v) is 17.8. The summed E-state index contributed by atoms with van der Waals surface area (Å²) in [6.45, 7) is 3.81. The van der Waals surface area contributed by atoms with Crippen molar-refractivity contribution in [3.63, 3.8) is 0 Å². The molecule has 0 bridgehead atoms. The first-order chi connectivity index (χ1) is 13.6. The van der Waals surface area contributed by atoms with Crippen molar-refractivity contribution in [3.8, 4) is 5.75 Å². The molecule has 2 fully saturated rings. The quantitative estimate of drug-likeness (QED) is 0.172. The molecule has 1 aliphatic heterocycles. The van der Waals surface area contributed by atoms with Crippen LogP contribution in [0.4, 0.5) is 8.78 Å². The molecule has 28 heavy (non-hydrogen) atoms. The number of benzene rings is 1. The lowest BCUT2D eigenvalue weighted by Crippen LogP contribution is -2.33. The summed E-state index contributed by atoms with van der Waals surface area (Å²) in [5.41, 5.74) is 0.943. The Labute approximate surface area is 169 Å². The van der Waals surface area contributed by atoms with Gasteiger partial charge in [-0.3, -0.25) is 4.79 Å². The molecule has 0 amide bonds. The lowest BCUT2D eigenvalue weighted by atomic mass is 9.85. The summed E-state index contributed by atoms with van der Waals surface area (Å²) in [5, 5.41) is 0. The number of allylic oxidation sites excluding steroid dienone is 1. The Morgan fingerprint density at radius 2 is 1.82 bits per heavy atom. The van der Waals surface area contributed by atoms with Crippen LogP contribution >= 0.6 is 0 Å². The molecule has 1 aromatic rings. The molecule has 0 unspecified atom stereocenters. The summed E-state index contributed by atoms with van der Waals surface area (Å²) in [5.74, 6) is -1.29. The van der Waals surface area contributed by atoms with E-state index in [4.69, 9.17) is 4.74 Å². The summed E-state index contributed by atoms with van der Waals surface area (Å²) in [4.78, 5) is 12.4. The third kappa shape index (κ3) is 5.76. The third-order valence-electron chi connectivity index (χ3n) is 6.79. The van der Waals surface area contributed by atoms with Crippen LogP contribution in [0, 0.1) is 23.5 Å². The van der Waals surface area contributed by atoms with E-state index in [1.165, 1.54) is 56.7 Å². The van der Waals surface area contributed by atoms with E-state index in [0.717, 1.165) is 42.9 Å². The molecular formula is C23H32F2O2Si. The maximum Gasteiger partial charge on any atom is 0.314 e. The summed E-state index contributed by atoms with van der Waals surface area (Å²) in [6.07, 6.45) is 13.1. The fourth-order valence-corrected chi connectivity index (χ4v) is 9.29. The molecule has 0 aromatic heterocycles. The zero-order valence-electron chi connectivity index (χ0n) is 16.7. The minimum atomic E-state index is -0.985. The second-order valence-electron chi connectivity index (χ2n) is 8.61. The first-order valence-corrected chi connectivity index (χ1v) is 13.1. The van der Waals surface area contributed by atoms with Crippen molar-refractivity contribution in [2.24, 2.45) is 11.8 Å². The lowest BCUT2D eigenvalue weighted by Gasteiger charge is -2.36. The number of esters is 1. The second kappa shape index (κ2) is 10.3. The summed E-state index contributed by atoms with van der Waals surface area (Å²) in [6, 6.07) is 5.67. The van der Waals surface area contributed by atoms with Gasteiger partial charge in [-0.05, 0) is 49.3 Å². The third-order valence-corrected chi connectivity index (χ3v) is 10.9. The molecule has 2 nitrogen and oxygen atoms in total. The smallest absolute Gasteiger partial charge is 0.314 e. The molecule has 1 saturated carbocycles. The molecule has 1 aromatic carbocycles. The van der Waals surface area contributed by atoms with Crippen molar-refractivity contribution in [1.29, 1.82) is 0 Å². The van der Waals surface area contributed by atoms with E-state index in [-0.39, 0.29) is 17.6 Å². The normalized spacial score (nSPS) is 27.9. The highest BCUT2D eigenvalue weighted by molar-refractivity contribution is 6.60. The first kappa shape index (κ1) is 21.2. The number of ether oxygens (including phenoxy) is 1. The van der Waals surface area contributed by atoms with Crippen LogP contribution in [0.5, 0.6) is 5.75 Å². The Kier molecular flexibility index (Phi) is 7.83. The average molecular weight is 407 g/mol. The van der Waals surface area contributed by atoms with E-state index in [1.54, 1.807) is 0 Å². The second-order valence-corrected chi connectivity index (χ2v) is 12.2. The summed E-state index contributed by atoms with van der Waals surface area (Å²) in [7, 11) is -0.781. The van der Waals surface area contributed by atoms with Crippen molar-refractivity contribution in [1.82, 2.24) is 0 Å². The first-order valence-electron chi connectivity index (χ1n) is 10.8. The van der Waals surface area contributed by atoms with Crippen LogP contribution in [-0.2, 0) is 4.79 Å². The monoisotopic (exact) mass is 406 g/mol. The number of rotatable bonds is 7. The highest BCUT2D eigenvalue weighted by atomic mass is 28.3. The Morgan fingerprint density at radius 1 is 1.11 bits per heavy atom. The van der Waals surface area contributed by atoms with Gasteiger partial charge in [-0.25, -0.2) is 8.78 Å². The van der Waals surface area contributed by atoms with Crippen molar-refractivity contribution >= 4 is 14.8 Å². The number of carbonyl (C=O) groups excluding carboxylic acids is 1. The van der Waals surface area contributed by atoms with Gasteiger partial charge in [0.2, 0.25) is 0 Å². The van der Waals surface area contributed by atoms with Gasteiger partial charge >= 0.3 is 5.97 Å². The molecule has 5 heteroatoms. The molecule has 1 aliphatic carbocycles. The highest BCUT2D eigenvalue weighted by Gasteiger charge is 2.34. The van der Waals surface area contributed by atoms with Gasteiger partial charge in [-0.2, -0.15) is 0 Å². The number of unbranched alkanes of at least 4 members (excludes halogenated alkanes) is 1. The minimum Gasteiger partial charge on any atom is -0.426 e. The number of hydrogen-bond acceptors (Lipinski definition) is 2. The Bertz CT molecular complexity index is 663.